The molecule has 0 fully saturated rings. The molecule has 0 atom stereocenters. The van der Waals surface area contributed by atoms with Gasteiger partial charge in [0.15, 0.2) is 0 Å². The van der Waals surface area contributed by atoms with Crippen LogP contribution >= 0.6 is 0 Å². The van der Waals surface area contributed by atoms with E-state index < -0.39 is 0 Å². The van der Waals surface area contributed by atoms with Crippen molar-refractivity contribution in [2.45, 2.75) is 20.8 Å². The third kappa shape index (κ3) is 3.68. The van der Waals surface area contributed by atoms with Crippen LogP contribution in [-0.2, 0) is 0 Å². The quantitative estimate of drug-likeness (QED) is 0.707. The van der Waals surface area contributed by atoms with Crippen LogP contribution in [0.4, 0.5) is 27.4 Å². The van der Waals surface area contributed by atoms with Crippen molar-refractivity contribution in [3.05, 3.63) is 71.3 Å². The van der Waals surface area contributed by atoms with Gasteiger partial charge in [0, 0.05) is 17.4 Å². The van der Waals surface area contributed by atoms with Gasteiger partial charge in [-0.1, -0.05) is 24.3 Å². The second kappa shape index (κ2) is 6.66. The number of aryl methyl sites for hydroxylation is 3. The minimum atomic E-state index is -0.292. The molecule has 2 aromatic carbocycles. The van der Waals surface area contributed by atoms with Crippen LogP contribution in [0.15, 0.2) is 48.5 Å². The van der Waals surface area contributed by atoms with Crippen molar-refractivity contribution in [2.75, 3.05) is 10.6 Å². The lowest BCUT2D eigenvalue weighted by atomic mass is 10.1. The first kappa shape index (κ1) is 15.9. The van der Waals surface area contributed by atoms with Gasteiger partial charge in [0.05, 0.1) is 0 Å². The maximum atomic E-state index is 13.3. The number of nitrogens with one attached hydrogen (secondary N) is 2. The van der Waals surface area contributed by atoms with Crippen molar-refractivity contribution in [2.24, 2.45) is 0 Å². The molecule has 0 radical (unpaired) electrons. The predicted molar refractivity (Wildman–Crippen MR) is 95.7 cm³/mol. The highest BCUT2D eigenvalue weighted by Gasteiger charge is 2.07. The molecule has 4 nitrogen and oxygen atoms in total. The fraction of sp³-hybridized carbons (Fsp3) is 0.158. The normalized spacial score (nSPS) is 10.5. The molecule has 3 rings (SSSR count). The molecule has 1 heterocycles. The molecule has 0 aliphatic rings. The molecule has 122 valence electrons. The second-order valence-electron chi connectivity index (χ2n) is 5.71. The zero-order chi connectivity index (χ0) is 17.1. The number of aromatic nitrogens is 2. The molecule has 0 saturated heterocycles. The molecule has 0 unspecified atom stereocenters. The van der Waals surface area contributed by atoms with E-state index in [1.165, 1.54) is 12.1 Å². The monoisotopic (exact) mass is 322 g/mol. The first-order chi connectivity index (χ1) is 11.5. The molecule has 0 bridgehead atoms. The standard InChI is InChI=1S/C19H19FN4/c1-12-6-4-7-13(2)19(12)24-18-11-17(21-14(3)22-18)23-16-9-5-8-15(20)10-16/h4-11H,1-3H3,(H2,21,22,23,24). The van der Waals surface area contributed by atoms with E-state index in [1.54, 1.807) is 12.1 Å². The number of hydrogen-bond acceptors (Lipinski definition) is 4. The van der Waals surface area contributed by atoms with Gasteiger partial charge in [-0.05, 0) is 50.1 Å². The van der Waals surface area contributed by atoms with Crippen LogP contribution in [0.3, 0.4) is 0 Å². The fourth-order valence-electron chi connectivity index (χ4n) is 2.55. The van der Waals surface area contributed by atoms with Gasteiger partial charge in [0.2, 0.25) is 0 Å². The van der Waals surface area contributed by atoms with E-state index >= 15 is 0 Å². The summed E-state index contributed by atoms with van der Waals surface area (Å²) < 4.78 is 13.3. The average Bonchev–Trinajstić information content (AvgIpc) is 2.50. The summed E-state index contributed by atoms with van der Waals surface area (Å²) in [7, 11) is 0. The van der Waals surface area contributed by atoms with Gasteiger partial charge in [-0.15, -0.1) is 0 Å². The van der Waals surface area contributed by atoms with E-state index in [4.69, 9.17) is 0 Å². The molecular formula is C19H19FN4. The number of anilines is 4. The Morgan fingerprint density at radius 2 is 1.42 bits per heavy atom. The van der Waals surface area contributed by atoms with Gasteiger partial charge in [-0.2, -0.15) is 0 Å². The Morgan fingerprint density at radius 1 is 0.792 bits per heavy atom. The highest BCUT2D eigenvalue weighted by atomic mass is 19.1. The molecule has 0 aliphatic heterocycles. The minimum absolute atomic E-state index is 0.292. The van der Waals surface area contributed by atoms with Crippen molar-refractivity contribution in [3.63, 3.8) is 0 Å². The fourth-order valence-corrected chi connectivity index (χ4v) is 2.55. The lowest BCUT2D eigenvalue weighted by molar-refractivity contribution is 0.628. The number of rotatable bonds is 4. The minimum Gasteiger partial charge on any atom is -0.340 e. The topological polar surface area (TPSA) is 49.8 Å². The lowest BCUT2D eigenvalue weighted by Gasteiger charge is -2.14. The van der Waals surface area contributed by atoms with E-state index in [9.17, 15) is 4.39 Å². The zero-order valence-corrected chi connectivity index (χ0v) is 13.9. The Balaban J connectivity index is 1.89. The van der Waals surface area contributed by atoms with Crippen LogP contribution in [0, 0.1) is 26.6 Å². The largest absolute Gasteiger partial charge is 0.340 e. The molecule has 0 amide bonds. The maximum absolute atomic E-state index is 13.3. The van der Waals surface area contributed by atoms with Crippen molar-refractivity contribution < 1.29 is 4.39 Å². The summed E-state index contributed by atoms with van der Waals surface area (Å²) in [5.41, 5.74) is 3.97. The highest BCUT2D eigenvalue weighted by molar-refractivity contribution is 5.67. The van der Waals surface area contributed by atoms with Crippen LogP contribution in [0.5, 0.6) is 0 Å². The summed E-state index contributed by atoms with van der Waals surface area (Å²) in [6, 6.07) is 14.2. The molecular weight excluding hydrogens is 303 g/mol. The van der Waals surface area contributed by atoms with Gasteiger partial charge in [-0.3, -0.25) is 0 Å². The number of para-hydroxylation sites is 1. The van der Waals surface area contributed by atoms with Crippen molar-refractivity contribution in [1.82, 2.24) is 9.97 Å². The second-order valence-corrected chi connectivity index (χ2v) is 5.71. The molecule has 0 spiro atoms. The van der Waals surface area contributed by atoms with Gasteiger partial charge in [0.1, 0.15) is 23.3 Å². The van der Waals surface area contributed by atoms with E-state index in [2.05, 4.69) is 46.6 Å². The van der Waals surface area contributed by atoms with Gasteiger partial charge in [-0.25, -0.2) is 14.4 Å². The maximum Gasteiger partial charge on any atom is 0.136 e. The van der Waals surface area contributed by atoms with Crippen LogP contribution in [0.25, 0.3) is 0 Å². The Labute approximate surface area is 140 Å². The van der Waals surface area contributed by atoms with Crippen LogP contribution < -0.4 is 10.6 Å². The molecule has 24 heavy (non-hydrogen) atoms. The molecule has 5 heteroatoms. The van der Waals surface area contributed by atoms with E-state index in [-0.39, 0.29) is 5.82 Å². The summed E-state index contributed by atoms with van der Waals surface area (Å²) in [5.74, 6) is 1.64. The molecule has 0 saturated carbocycles. The van der Waals surface area contributed by atoms with Gasteiger partial charge in [0.25, 0.3) is 0 Å². The Kier molecular flexibility index (Phi) is 4.42. The number of benzene rings is 2. The molecule has 3 aromatic rings. The SMILES string of the molecule is Cc1nc(Nc2cccc(F)c2)cc(Nc2c(C)cccc2C)n1. The van der Waals surface area contributed by atoms with Crippen molar-refractivity contribution in [1.29, 1.82) is 0 Å². The van der Waals surface area contributed by atoms with Crippen LogP contribution in [-0.4, -0.2) is 9.97 Å². The predicted octanol–water partition coefficient (Wildman–Crippen LogP) is 5.03. The summed E-state index contributed by atoms with van der Waals surface area (Å²) in [5, 5.41) is 6.46. The first-order valence-electron chi connectivity index (χ1n) is 7.73. The zero-order valence-electron chi connectivity index (χ0n) is 13.9. The smallest absolute Gasteiger partial charge is 0.136 e. The van der Waals surface area contributed by atoms with Crippen LogP contribution in [0.2, 0.25) is 0 Å². The number of nitrogens with zero attached hydrogens (tertiary/aromatic N) is 2. The summed E-state index contributed by atoms with van der Waals surface area (Å²) in [6.07, 6.45) is 0. The Bertz CT molecular complexity index is 857. The van der Waals surface area contributed by atoms with Crippen molar-refractivity contribution >= 4 is 23.0 Å². The van der Waals surface area contributed by atoms with E-state index in [0.29, 0.717) is 23.1 Å². The third-order valence-corrected chi connectivity index (χ3v) is 3.67. The first-order valence-corrected chi connectivity index (χ1v) is 7.73. The van der Waals surface area contributed by atoms with E-state index in [1.807, 2.05) is 19.1 Å². The molecule has 0 aliphatic carbocycles. The van der Waals surface area contributed by atoms with Gasteiger partial charge < -0.3 is 10.6 Å². The van der Waals surface area contributed by atoms with E-state index in [0.717, 1.165) is 16.8 Å². The van der Waals surface area contributed by atoms with Crippen molar-refractivity contribution in [3.8, 4) is 0 Å². The third-order valence-electron chi connectivity index (χ3n) is 3.67. The molecule has 2 N–H and O–H groups in total. The number of hydrogen-bond donors (Lipinski definition) is 2. The molecule has 1 aromatic heterocycles. The van der Waals surface area contributed by atoms with Gasteiger partial charge >= 0.3 is 0 Å². The van der Waals surface area contributed by atoms with Crippen LogP contribution in [0.1, 0.15) is 17.0 Å². The Hall–Kier alpha value is -2.95. The lowest BCUT2D eigenvalue weighted by Crippen LogP contribution is -2.03. The Morgan fingerprint density at radius 3 is 2.08 bits per heavy atom. The highest BCUT2D eigenvalue weighted by Crippen LogP contribution is 2.25. The summed E-state index contributed by atoms with van der Waals surface area (Å²) in [4.78, 5) is 8.79. The number of halogens is 1. The summed E-state index contributed by atoms with van der Waals surface area (Å²) >= 11 is 0. The summed E-state index contributed by atoms with van der Waals surface area (Å²) in [6.45, 7) is 5.93. The average molecular weight is 322 g/mol.